The first kappa shape index (κ1) is 18.3. The largest absolute Gasteiger partial charge is 0.461 e. The Bertz CT molecular complexity index is 1150. The number of fused-ring (bicyclic) bond motifs is 1. The molecule has 0 bridgehead atoms. The van der Waals surface area contributed by atoms with Gasteiger partial charge in [0, 0.05) is 27.9 Å². The third-order valence-electron chi connectivity index (χ3n) is 4.35. The predicted molar refractivity (Wildman–Crippen MR) is 106 cm³/mol. The number of aryl methyl sites for hydroxylation is 1. The van der Waals surface area contributed by atoms with Crippen LogP contribution in [0.5, 0.6) is 0 Å². The van der Waals surface area contributed by atoms with E-state index in [1.54, 1.807) is 23.7 Å². The Balaban J connectivity index is 1.73. The van der Waals surface area contributed by atoms with E-state index in [1.807, 2.05) is 43.3 Å². The normalized spacial score (nSPS) is 11.1. The van der Waals surface area contributed by atoms with Crippen LogP contribution in [0.3, 0.4) is 0 Å². The maximum atomic E-state index is 11.9. The standard InChI is InChI=1S/C21H18ClN3O3/c1-3-27-21(26)17-9-13(2)25(24-17)12-15-10-16(22)11-18-19(15)23-20(28-18)14-7-5-4-6-8-14/h4-11H,3,12H2,1-2H3. The molecule has 0 aliphatic heterocycles. The van der Waals surface area contributed by atoms with E-state index in [4.69, 9.17) is 20.8 Å². The number of ether oxygens (including phenoxy) is 1. The van der Waals surface area contributed by atoms with E-state index in [-0.39, 0.29) is 5.69 Å². The van der Waals surface area contributed by atoms with Crippen LogP contribution >= 0.6 is 11.6 Å². The van der Waals surface area contributed by atoms with E-state index >= 15 is 0 Å². The van der Waals surface area contributed by atoms with Crippen LogP contribution in [0, 0.1) is 6.92 Å². The van der Waals surface area contributed by atoms with Crippen molar-refractivity contribution < 1.29 is 13.9 Å². The SMILES string of the molecule is CCOC(=O)c1cc(C)n(Cc2cc(Cl)cc3oc(-c4ccccc4)nc23)n1. The van der Waals surface area contributed by atoms with Gasteiger partial charge in [0.05, 0.1) is 13.2 Å². The molecule has 4 rings (SSSR count). The highest BCUT2D eigenvalue weighted by molar-refractivity contribution is 6.31. The van der Waals surface area contributed by atoms with Gasteiger partial charge < -0.3 is 9.15 Å². The molecule has 4 aromatic rings. The molecule has 0 aliphatic rings. The second kappa shape index (κ2) is 7.48. The lowest BCUT2D eigenvalue weighted by atomic mass is 10.2. The summed E-state index contributed by atoms with van der Waals surface area (Å²) >= 11 is 6.29. The molecular formula is C21H18ClN3O3. The first-order valence-electron chi connectivity index (χ1n) is 8.91. The van der Waals surface area contributed by atoms with Crippen molar-refractivity contribution in [3.8, 4) is 11.5 Å². The number of carbonyl (C=O) groups is 1. The summed E-state index contributed by atoms with van der Waals surface area (Å²) < 4.78 is 12.7. The van der Waals surface area contributed by atoms with Crippen LogP contribution in [0.2, 0.25) is 5.02 Å². The summed E-state index contributed by atoms with van der Waals surface area (Å²) in [4.78, 5) is 16.6. The highest BCUT2D eigenvalue weighted by atomic mass is 35.5. The van der Waals surface area contributed by atoms with Crippen molar-refractivity contribution in [1.82, 2.24) is 14.8 Å². The Morgan fingerprint density at radius 3 is 2.75 bits per heavy atom. The number of hydrogen-bond donors (Lipinski definition) is 0. The summed E-state index contributed by atoms with van der Waals surface area (Å²) in [5.41, 5.74) is 4.19. The molecule has 0 aliphatic carbocycles. The molecule has 142 valence electrons. The van der Waals surface area contributed by atoms with Gasteiger partial charge in [-0.25, -0.2) is 9.78 Å². The monoisotopic (exact) mass is 395 g/mol. The summed E-state index contributed by atoms with van der Waals surface area (Å²) in [6.45, 7) is 4.36. The molecule has 0 saturated carbocycles. The van der Waals surface area contributed by atoms with Crippen LogP contribution in [0.4, 0.5) is 0 Å². The molecular weight excluding hydrogens is 378 g/mol. The molecule has 0 spiro atoms. The van der Waals surface area contributed by atoms with Crippen molar-refractivity contribution in [1.29, 1.82) is 0 Å². The average Bonchev–Trinajstić information content (AvgIpc) is 3.27. The van der Waals surface area contributed by atoms with Crippen molar-refractivity contribution in [3.63, 3.8) is 0 Å². The summed E-state index contributed by atoms with van der Waals surface area (Å²) in [7, 11) is 0. The summed E-state index contributed by atoms with van der Waals surface area (Å²) in [6.07, 6.45) is 0. The van der Waals surface area contributed by atoms with Crippen molar-refractivity contribution in [3.05, 3.63) is 70.5 Å². The van der Waals surface area contributed by atoms with Crippen LogP contribution in [-0.2, 0) is 11.3 Å². The molecule has 28 heavy (non-hydrogen) atoms. The van der Waals surface area contributed by atoms with Crippen molar-refractivity contribution in [2.45, 2.75) is 20.4 Å². The molecule has 6 nitrogen and oxygen atoms in total. The highest BCUT2D eigenvalue weighted by Gasteiger charge is 2.17. The second-order valence-electron chi connectivity index (χ2n) is 6.35. The minimum absolute atomic E-state index is 0.280. The summed E-state index contributed by atoms with van der Waals surface area (Å²) in [6, 6.07) is 15.0. The first-order chi connectivity index (χ1) is 13.5. The smallest absolute Gasteiger partial charge is 0.358 e. The van der Waals surface area contributed by atoms with Crippen molar-refractivity contribution in [2.75, 3.05) is 6.61 Å². The number of rotatable bonds is 5. The number of hydrogen-bond acceptors (Lipinski definition) is 5. The summed E-state index contributed by atoms with van der Waals surface area (Å²) in [5, 5.41) is 4.92. The van der Waals surface area contributed by atoms with Gasteiger partial charge in [0.15, 0.2) is 11.3 Å². The molecule has 0 amide bonds. The maximum Gasteiger partial charge on any atom is 0.358 e. The van der Waals surface area contributed by atoms with Crippen molar-refractivity contribution in [2.24, 2.45) is 0 Å². The predicted octanol–water partition coefficient (Wildman–Crippen LogP) is 4.88. The third-order valence-corrected chi connectivity index (χ3v) is 4.56. The second-order valence-corrected chi connectivity index (χ2v) is 6.78. The zero-order valence-corrected chi connectivity index (χ0v) is 16.2. The van der Waals surface area contributed by atoms with Gasteiger partial charge in [0.1, 0.15) is 5.52 Å². The molecule has 0 N–H and O–H groups in total. The van der Waals surface area contributed by atoms with Gasteiger partial charge in [-0.15, -0.1) is 0 Å². The van der Waals surface area contributed by atoms with Crippen LogP contribution in [0.15, 0.2) is 52.9 Å². The Labute approximate surface area is 166 Å². The van der Waals surface area contributed by atoms with E-state index in [9.17, 15) is 4.79 Å². The number of halogens is 1. The molecule has 0 fully saturated rings. The lowest BCUT2D eigenvalue weighted by molar-refractivity contribution is 0.0518. The first-order valence-corrected chi connectivity index (χ1v) is 9.29. The fourth-order valence-corrected chi connectivity index (χ4v) is 3.25. The molecule has 2 heterocycles. The lowest BCUT2D eigenvalue weighted by Crippen LogP contribution is -2.08. The molecule has 7 heteroatoms. The Kier molecular flexibility index (Phi) is 4.88. The zero-order valence-electron chi connectivity index (χ0n) is 15.5. The van der Waals surface area contributed by atoms with Gasteiger partial charge in [-0.3, -0.25) is 4.68 Å². The van der Waals surface area contributed by atoms with E-state index < -0.39 is 5.97 Å². The molecule has 0 saturated heterocycles. The van der Waals surface area contributed by atoms with Crippen LogP contribution in [0.1, 0.15) is 28.7 Å². The number of esters is 1. The molecule has 0 atom stereocenters. The fourth-order valence-electron chi connectivity index (χ4n) is 3.02. The zero-order chi connectivity index (χ0) is 19.7. The minimum Gasteiger partial charge on any atom is -0.461 e. The van der Waals surface area contributed by atoms with E-state index in [0.717, 1.165) is 22.3 Å². The topological polar surface area (TPSA) is 70.2 Å². The fraction of sp³-hybridized carbons (Fsp3) is 0.190. The Morgan fingerprint density at radius 1 is 1.21 bits per heavy atom. The number of aromatic nitrogens is 3. The average molecular weight is 396 g/mol. The van der Waals surface area contributed by atoms with Crippen LogP contribution in [0.25, 0.3) is 22.6 Å². The molecule has 2 aromatic heterocycles. The molecule has 2 aromatic carbocycles. The quantitative estimate of drug-likeness (QED) is 0.450. The van der Waals surface area contributed by atoms with Gasteiger partial charge in [-0.05, 0) is 38.1 Å². The Hall–Kier alpha value is -3.12. The van der Waals surface area contributed by atoms with Gasteiger partial charge in [-0.2, -0.15) is 5.10 Å². The third kappa shape index (κ3) is 3.51. The minimum atomic E-state index is -0.437. The van der Waals surface area contributed by atoms with Gasteiger partial charge >= 0.3 is 5.97 Å². The lowest BCUT2D eigenvalue weighted by Gasteiger charge is -2.05. The number of benzene rings is 2. The van der Waals surface area contributed by atoms with Gasteiger partial charge in [0.2, 0.25) is 5.89 Å². The van der Waals surface area contributed by atoms with Crippen molar-refractivity contribution >= 4 is 28.7 Å². The molecule has 0 unspecified atom stereocenters. The number of nitrogens with zero attached hydrogens (tertiary/aromatic N) is 3. The van der Waals surface area contributed by atoms with E-state index in [0.29, 0.717) is 29.6 Å². The maximum absolute atomic E-state index is 11.9. The van der Waals surface area contributed by atoms with Gasteiger partial charge in [0.25, 0.3) is 0 Å². The van der Waals surface area contributed by atoms with E-state index in [2.05, 4.69) is 10.1 Å². The van der Waals surface area contributed by atoms with Gasteiger partial charge in [-0.1, -0.05) is 29.8 Å². The van der Waals surface area contributed by atoms with Crippen LogP contribution < -0.4 is 0 Å². The number of oxazole rings is 1. The van der Waals surface area contributed by atoms with Crippen LogP contribution in [-0.4, -0.2) is 27.3 Å². The summed E-state index contributed by atoms with van der Waals surface area (Å²) in [5.74, 6) is 0.0944. The highest BCUT2D eigenvalue weighted by Crippen LogP contribution is 2.29. The van der Waals surface area contributed by atoms with E-state index in [1.165, 1.54) is 0 Å². The number of carbonyl (C=O) groups excluding carboxylic acids is 1. The Morgan fingerprint density at radius 2 is 2.00 bits per heavy atom. The molecule has 0 radical (unpaired) electrons.